The fraction of sp³-hybridized carbons (Fsp3) is 0.0690. The number of nitrogens with two attached hydrogens (primary N) is 1. The Labute approximate surface area is 217 Å². The first-order chi connectivity index (χ1) is 18.3. The van der Waals surface area contributed by atoms with Gasteiger partial charge in [0.2, 0.25) is 0 Å². The molecule has 0 unspecified atom stereocenters. The summed E-state index contributed by atoms with van der Waals surface area (Å²) in [5, 5.41) is 6.20. The van der Waals surface area contributed by atoms with Crippen LogP contribution in [0.25, 0.3) is 22.0 Å². The van der Waals surface area contributed by atoms with Gasteiger partial charge >= 0.3 is 0 Å². The molecule has 0 radical (unpaired) electrons. The van der Waals surface area contributed by atoms with Crippen molar-refractivity contribution in [2.45, 2.75) is 0 Å². The molecule has 2 aromatic heterocycles. The zero-order chi connectivity index (χ0) is 26.8. The molecular formula is C29H25N5O4. The minimum absolute atomic E-state index is 0.230. The number of fused-ring (bicyclic) bond motifs is 1. The third-order valence-electron chi connectivity index (χ3n) is 6.20. The van der Waals surface area contributed by atoms with Gasteiger partial charge in [0.1, 0.15) is 17.0 Å². The molecule has 0 aliphatic carbocycles. The maximum atomic E-state index is 13.1. The minimum Gasteiger partial charge on any atom is -0.497 e. The Kier molecular flexibility index (Phi) is 6.40. The second-order valence-electron chi connectivity index (χ2n) is 8.74. The van der Waals surface area contributed by atoms with Crippen LogP contribution in [-0.2, 0) is 7.05 Å². The zero-order valence-corrected chi connectivity index (χ0v) is 20.7. The number of nitrogens with zero attached hydrogens (tertiary/aromatic N) is 1. The summed E-state index contributed by atoms with van der Waals surface area (Å²) in [6, 6.07) is 22.6. The fourth-order valence-electron chi connectivity index (χ4n) is 4.19. The van der Waals surface area contributed by atoms with Gasteiger partial charge in [-0.15, -0.1) is 0 Å². The summed E-state index contributed by atoms with van der Waals surface area (Å²) in [4.78, 5) is 41.4. The van der Waals surface area contributed by atoms with Gasteiger partial charge < -0.3 is 30.7 Å². The molecule has 0 bridgehead atoms. The van der Waals surface area contributed by atoms with Crippen LogP contribution in [0.3, 0.4) is 0 Å². The van der Waals surface area contributed by atoms with Gasteiger partial charge in [0.25, 0.3) is 17.4 Å². The van der Waals surface area contributed by atoms with Gasteiger partial charge in [-0.2, -0.15) is 0 Å². The van der Waals surface area contributed by atoms with Crippen LogP contribution in [0, 0.1) is 0 Å². The summed E-state index contributed by atoms with van der Waals surface area (Å²) in [5.74, 6) is -0.0613. The number of H-pyrrole nitrogens is 1. The summed E-state index contributed by atoms with van der Waals surface area (Å²) in [6.07, 6.45) is 1.74. The van der Waals surface area contributed by atoms with E-state index in [2.05, 4.69) is 15.6 Å². The Morgan fingerprint density at radius 2 is 1.68 bits per heavy atom. The highest BCUT2D eigenvalue weighted by Gasteiger charge is 2.17. The summed E-state index contributed by atoms with van der Waals surface area (Å²) in [5.41, 5.74) is 9.71. The zero-order valence-electron chi connectivity index (χ0n) is 20.7. The first kappa shape index (κ1) is 24.4. The molecule has 190 valence electrons. The van der Waals surface area contributed by atoms with Crippen molar-refractivity contribution < 1.29 is 14.3 Å². The number of ether oxygens (including phenoxy) is 1. The van der Waals surface area contributed by atoms with Crippen molar-refractivity contribution in [3.8, 4) is 16.9 Å². The Bertz CT molecular complexity index is 1730. The molecule has 9 nitrogen and oxygen atoms in total. The molecule has 0 saturated heterocycles. The number of benzene rings is 3. The highest BCUT2D eigenvalue weighted by Crippen LogP contribution is 2.30. The first-order valence-electron chi connectivity index (χ1n) is 11.8. The smallest absolute Gasteiger partial charge is 0.274 e. The second-order valence-corrected chi connectivity index (χ2v) is 8.74. The van der Waals surface area contributed by atoms with Crippen LogP contribution in [-0.4, -0.2) is 28.5 Å². The van der Waals surface area contributed by atoms with E-state index in [4.69, 9.17) is 10.5 Å². The number of hydrogen-bond donors (Lipinski definition) is 4. The third-order valence-corrected chi connectivity index (χ3v) is 6.20. The van der Waals surface area contributed by atoms with Crippen LogP contribution in [0.4, 0.5) is 17.1 Å². The molecule has 2 amide bonds. The number of para-hydroxylation sites is 2. The average molecular weight is 508 g/mol. The number of pyridine rings is 1. The van der Waals surface area contributed by atoms with Crippen molar-refractivity contribution >= 4 is 39.8 Å². The molecule has 0 fully saturated rings. The number of aryl methyl sites for hydroxylation is 1. The van der Waals surface area contributed by atoms with Gasteiger partial charge in [-0.25, -0.2) is 0 Å². The van der Waals surface area contributed by atoms with Crippen LogP contribution in [0.15, 0.2) is 89.9 Å². The number of methoxy groups -OCH3 is 1. The summed E-state index contributed by atoms with van der Waals surface area (Å²) >= 11 is 0. The van der Waals surface area contributed by atoms with Crippen LogP contribution < -0.4 is 26.7 Å². The van der Waals surface area contributed by atoms with Crippen LogP contribution in [0.1, 0.15) is 20.8 Å². The number of aromatic nitrogens is 2. The number of amides is 2. The molecule has 0 spiro atoms. The Morgan fingerprint density at radius 3 is 2.42 bits per heavy atom. The number of aromatic amines is 1. The van der Waals surface area contributed by atoms with Crippen molar-refractivity contribution in [1.82, 2.24) is 9.55 Å². The summed E-state index contributed by atoms with van der Waals surface area (Å²) in [6.45, 7) is 0. The normalized spacial score (nSPS) is 10.8. The molecule has 5 aromatic rings. The highest BCUT2D eigenvalue weighted by atomic mass is 16.5. The quantitative estimate of drug-likeness (QED) is 0.249. The SMILES string of the molecule is COc1cccc(-c2cn(C)c(=O)c3[nH]c(C(=O)Nc4ccc(C(=O)Nc5ccccc5N)cc4)cc23)c1. The van der Waals surface area contributed by atoms with E-state index in [1.165, 1.54) is 4.57 Å². The number of rotatable bonds is 6. The lowest BCUT2D eigenvalue weighted by Gasteiger charge is -2.09. The van der Waals surface area contributed by atoms with Gasteiger partial charge in [-0.3, -0.25) is 14.4 Å². The number of nitrogen functional groups attached to an aromatic ring is 1. The Hall–Kier alpha value is -5.31. The Balaban J connectivity index is 1.38. The van der Waals surface area contributed by atoms with E-state index < -0.39 is 5.91 Å². The summed E-state index contributed by atoms with van der Waals surface area (Å²) < 4.78 is 6.81. The number of hydrogen-bond acceptors (Lipinski definition) is 5. The number of nitrogens with one attached hydrogen (secondary N) is 3. The fourth-order valence-corrected chi connectivity index (χ4v) is 4.19. The maximum Gasteiger partial charge on any atom is 0.274 e. The molecule has 0 aliphatic heterocycles. The monoisotopic (exact) mass is 507 g/mol. The molecule has 0 saturated carbocycles. The van der Waals surface area contributed by atoms with E-state index in [-0.39, 0.29) is 17.2 Å². The lowest BCUT2D eigenvalue weighted by atomic mass is 10.0. The molecule has 3 aromatic carbocycles. The van der Waals surface area contributed by atoms with E-state index in [1.54, 1.807) is 75.0 Å². The van der Waals surface area contributed by atoms with E-state index >= 15 is 0 Å². The van der Waals surface area contributed by atoms with Crippen molar-refractivity contribution in [1.29, 1.82) is 0 Å². The van der Waals surface area contributed by atoms with Crippen molar-refractivity contribution in [3.05, 3.63) is 107 Å². The van der Waals surface area contributed by atoms with Crippen molar-refractivity contribution in [2.75, 3.05) is 23.5 Å². The lowest BCUT2D eigenvalue weighted by molar-refractivity contribution is 0.101. The molecule has 9 heteroatoms. The molecular weight excluding hydrogens is 482 g/mol. The lowest BCUT2D eigenvalue weighted by Crippen LogP contribution is -2.17. The van der Waals surface area contributed by atoms with E-state index in [9.17, 15) is 14.4 Å². The van der Waals surface area contributed by atoms with Gasteiger partial charge in [0.05, 0.1) is 18.5 Å². The molecule has 5 rings (SSSR count). The first-order valence-corrected chi connectivity index (χ1v) is 11.8. The van der Waals surface area contributed by atoms with Gasteiger partial charge in [0, 0.05) is 35.4 Å². The van der Waals surface area contributed by atoms with Gasteiger partial charge in [-0.05, 0) is 60.2 Å². The Morgan fingerprint density at radius 1 is 0.921 bits per heavy atom. The maximum absolute atomic E-state index is 13.1. The standard InChI is InChI=1S/C29H25N5O4/c1-34-16-22(18-6-5-7-20(14-18)38-2)21-15-25(32-26(21)29(34)37)28(36)31-19-12-10-17(11-13-19)27(35)33-24-9-4-3-8-23(24)30/h3-16,32H,30H2,1-2H3,(H,31,36)(H,33,35). The topological polar surface area (TPSA) is 131 Å². The molecule has 38 heavy (non-hydrogen) atoms. The molecule has 5 N–H and O–H groups in total. The van der Waals surface area contributed by atoms with Crippen LogP contribution in [0.5, 0.6) is 5.75 Å². The molecule has 0 atom stereocenters. The van der Waals surface area contributed by atoms with Gasteiger partial charge in [0.15, 0.2) is 0 Å². The van der Waals surface area contributed by atoms with E-state index in [1.807, 2.05) is 24.3 Å². The number of anilines is 3. The van der Waals surface area contributed by atoms with Crippen molar-refractivity contribution in [3.63, 3.8) is 0 Å². The van der Waals surface area contributed by atoms with E-state index in [0.29, 0.717) is 39.3 Å². The van der Waals surface area contributed by atoms with Crippen LogP contribution in [0.2, 0.25) is 0 Å². The molecule has 0 aliphatic rings. The summed E-state index contributed by atoms with van der Waals surface area (Å²) in [7, 11) is 3.25. The number of carbonyl (C=O) groups is 2. The largest absolute Gasteiger partial charge is 0.497 e. The number of carbonyl (C=O) groups excluding carboxylic acids is 2. The van der Waals surface area contributed by atoms with Crippen molar-refractivity contribution in [2.24, 2.45) is 7.05 Å². The highest BCUT2D eigenvalue weighted by molar-refractivity contribution is 6.09. The third kappa shape index (κ3) is 4.72. The predicted molar refractivity (Wildman–Crippen MR) is 149 cm³/mol. The molecule has 2 heterocycles. The minimum atomic E-state index is -0.422. The average Bonchev–Trinajstić information content (AvgIpc) is 3.38. The van der Waals surface area contributed by atoms with Gasteiger partial charge in [-0.1, -0.05) is 24.3 Å². The predicted octanol–water partition coefficient (Wildman–Crippen LogP) is 4.63. The second kappa shape index (κ2) is 9.98. The van der Waals surface area contributed by atoms with E-state index in [0.717, 1.165) is 11.1 Å². The van der Waals surface area contributed by atoms with Crippen LogP contribution >= 0.6 is 0 Å².